The molecule has 0 aliphatic heterocycles. The number of nitrogens with one attached hydrogen (secondary N) is 1. The third-order valence-corrected chi connectivity index (χ3v) is 3.48. The molecule has 0 unspecified atom stereocenters. The lowest BCUT2D eigenvalue weighted by Gasteiger charge is -2.07. The van der Waals surface area contributed by atoms with Crippen LogP contribution in [0.1, 0.15) is 15.9 Å². The molecule has 2 N–H and O–H groups in total. The highest BCUT2D eigenvalue weighted by Crippen LogP contribution is 2.25. The minimum absolute atomic E-state index is 0.0219. The van der Waals surface area contributed by atoms with Crippen molar-refractivity contribution in [2.45, 2.75) is 6.42 Å². The van der Waals surface area contributed by atoms with Gasteiger partial charge in [0.2, 0.25) is 0 Å². The van der Waals surface area contributed by atoms with Crippen molar-refractivity contribution in [3.05, 3.63) is 56.3 Å². The molecule has 0 radical (unpaired) electrons. The highest BCUT2D eigenvalue weighted by molar-refractivity contribution is 7.07. The van der Waals surface area contributed by atoms with Gasteiger partial charge in [-0.25, -0.2) is 4.79 Å². The van der Waals surface area contributed by atoms with Crippen LogP contribution in [0.5, 0.6) is 0 Å². The molecule has 2 aromatic rings. The molecule has 2 rings (SSSR count). The maximum Gasteiger partial charge on any atom is 0.335 e. The van der Waals surface area contributed by atoms with Crippen molar-refractivity contribution in [1.82, 2.24) is 0 Å². The van der Waals surface area contributed by atoms with Crippen molar-refractivity contribution in [3.63, 3.8) is 0 Å². The summed E-state index contributed by atoms with van der Waals surface area (Å²) in [6.07, 6.45) is 0.720. The number of nitro benzene ring substituents is 1. The van der Waals surface area contributed by atoms with Crippen molar-refractivity contribution in [2.75, 3.05) is 11.9 Å². The maximum atomic E-state index is 10.9. The van der Waals surface area contributed by atoms with Gasteiger partial charge in [0.15, 0.2) is 0 Å². The first kappa shape index (κ1) is 14.0. The fraction of sp³-hybridized carbons (Fsp3) is 0.154. The minimum Gasteiger partial charge on any atom is -0.478 e. The zero-order valence-electron chi connectivity index (χ0n) is 10.4. The number of hydrogen-bond acceptors (Lipinski definition) is 5. The van der Waals surface area contributed by atoms with E-state index in [0.29, 0.717) is 6.54 Å². The Bertz CT molecular complexity index is 625. The molecule has 0 aliphatic carbocycles. The molecule has 0 saturated carbocycles. The van der Waals surface area contributed by atoms with Crippen molar-refractivity contribution in [1.29, 1.82) is 0 Å². The first-order chi connectivity index (χ1) is 9.58. The van der Waals surface area contributed by atoms with Crippen LogP contribution in [-0.2, 0) is 6.42 Å². The zero-order valence-corrected chi connectivity index (χ0v) is 11.2. The number of thiophene rings is 1. The standard InChI is InChI=1S/C13H12N2O4S/c16-13(17)10-1-2-12(15(18)19)11(7-10)14-5-3-9-4-6-20-8-9/h1-2,4,6-8,14H,3,5H2,(H,16,17). The number of carboxylic acid groups (broad SMARTS) is 1. The van der Waals surface area contributed by atoms with Gasteiger partial charge in [0.05, 0.1) is 10.5 Å². The van der Waals surface area contributed by atoms with E-state index in [0.717, 1.165) is 12.0 Å². The van der Waals surface area contributed by atoms with Crippen molar-refractivity contribution in [3.8, 4) is 0 Å². The molecule has 0 aliphatic rings. The van der Waals surface area contributed by atoms with E-state index >= 15 is 0 Å². The van der Waals surface area contributed by atoms with Gasteiger partial charge >= 0.3 is 5.97 Å². The number of nitrogens with zero attached hydrogens (tertiary/aromatic N) is 1. The lowest BCUT2D eigenvalue weighted by atomic mass is 10.1. The Morgan fingerprint density at radius 3 is 2.80 bits per heavy atom. The predicted octanol–water partition coefficient (Wildman–Crippen LogP) is 3.01. The third kappa shape index (κ3) is 3.33. The second-order valence-electron chi connectivity index (χ2n) is 4.10. The zero-order chi connectivity index (χ0) is 14.5. The second-order valence-corrected chi connectivity index (χ2v) is 4.88. The molecule has 7 heteroatoms. The fourth-order valence-electron chi connectivity index (χ4n) is 1.75. The van der Waals surface area contributed by atoms with Gasteiger partial charge < -0.3 is 10.4 Å². The highest BCUT2D eigenvalue weighted by atomic mass is 32.1. The maximum absolute atomic E-state index is 10.9. The van der Waals surface area contributed by atoms with E-state index in [2.05, 4.69) is 5.32 Å². The summed E-state index contributed by atoms with van der Waals surface area (Å²) in [5.74, 6) is -1.11. The summed E-state index contributed by atoms with van der Waals surface area (Å²) < 4.78 is 0. The first-order valence-corrected chi connectivity index (χ1v) is 6.79. The van der Waals surface area contributed by atoms with E-state index in [1.54, 1.807) is 11.3 Å². The van der Waals surface area contributed by atoms with Crippen LogP contribution in [0.25, 0.3) is 0 Å². The van der Waals surface area contributed by atoms with Gasteiger partial charge in [-0.15, -0.1) is 0 Å². The van der Waals surface area contributed by atoms with Crippen molar-refractivity contribution >= 4 is 28.7 Å². The van der Waals surface area contributed by atoms with E-state index in [4.69, 9.17) is 5.11 Å². The molecule has 0 fully saturated rings. The second kappa shape index (κ2) is 6.16. The number of carbonyl (C=O) groups is 1. The number of anilines is 1. The van der Waals surface area contributed by atoms with Gasteiger partial charge in [-0.3, -0.25) is 10.1 Å². The van der Waals surface area contributed by atoms with Crippen LogP contribution in [0.2, 0.25) is 0 Å². The van der Waals surface area contributed by atoms with Gasteiger partial charge in [0, 0.05) is 12.6 Å². The summed E-state index contributed by atoms with van der Waals surface area (Å²) in [6.45, 7) is 0.501. The molecule has 1 heterocycles. The summed E-state index contributed by atoms with van der Waals surface area (Å²) in [5.41, 5.74) is 1.26. The van der Waals surface area contributed by atoms with E-state index in [1.165, 1.54) is 18.2 Å². The van der Waals surface area contributed by atoms with Gasteiger partial charge in [0.1, 0.15) is 5.69 Å². The quantitative estimate of drug-likeness (QED) is 0.630. The van der Waals surface area contributed by atoms with Gasteiger partial charge in [-0.05, 0) is 40.9 Å². The van der Waals surface area contributed by atoms with E-state index < -0.39 is 10.9 Å². The number of rotatable bonds is 6. The summed E-state index contributed by atoms with van der Waals surface area (Å²) in [7, 11) is 0. The largest absolute Gasteiger partial charge is 0.478 e. The van der Waals surface area contributed by atoms with Crippen LogP contribution in [0.15, 0.2) is 35.0 Å². The molecule has 1 aromatic heterocycles. The van der Waals surface area contributed by atoms with Crippen LogP contribution >= 0.6 is 11.3 Å². The van der Waals surface area contributed by atoms with Gasteiger partial charge in [-0.1, -0.05) is 0 Å². The Kier molecular flexibility index (Phi) is 4.31. The Labute approximate surface area is 118 Å². The summed E-state index contributed by atoms with van der Waals surface area (Å²) in [6, 6.07) is 5.70. The van der Waals surface area contributed by atoms with Crippen molar-refractivity contribution < 1.29 is 14.8 Å². The molecule has 20 heavy (non-hydrogen) atoms. The third-order valence-electron chi connectivity index (χ3n) is 2.75. The number of benzene rings is 1. The topological polar surface area (TPSA) is 92.5 Å². The normalized spacial score (nSPS) is 10.2. The summed E-state index contributed by atoms with van der Waals surface area (Å²) in [5, 5.41) is 26.7. The molecular weight excluding hydrogens is 280 g/mol. The van der Waals surface area contributed by atoms with E-state index in [1.807, 2.05) is 16.8 Å². The number of nitro groups is 1. The Hall–Kier alpha value is -2.41. The molecular formula is C13H12N2O4S. The minimum atomic E-state index is -1.11. The first-order valence-electron chi connectivity index (χ1n) is 5.84. The average molecular weight is 292 g/mol. The molecule has 0 bridgehead atoms. The summed E-state index contributed by atoms with van der Waals surface area (Å²) >= 11 is 1.59. The van der Waals surface area contributed by atoms with E-state index in [9.17, 15) is 14.9 Å². The molecule has 0 saturated heterocycles. The van der Waals surface area contributed by atoms with Crippen molar-refractivity contribution in [2.24, 2.45) is 0 Å². The highest BCUT2D eigenvalue weighted by Gasteiger charge is 2.16. The lowest BCUT2D eigenvalue weighted by molar-refractivity contribution is -0.384. The van der Waals surface area contributed by atoms with Gasteiger partial charge in [-0.2, -0.15) is 11.3 Å². The van der Waals surface area contributed by atoms with Crippen LogP contribution in [0.3, 0.4) is 0 Å². The van der Waals surface area contributed by atoms with Gasteiger partial charge in [0.25, 0.3) is 5.69 Å². The number of hydrogen-bond donors (Lipinski definition) is 2. The molecule has 0 spiro atoms. The average Bonchev–Trinajstić information content (AvgIpc) is 2.91. The Morgan fingerprint density at radius 1 is 1.40 bits per heavy atom. The lowest BCUT2D eigenvalue weighted by Crippen LogP contribution is -2.08. The molecule has 0 amide bonds. The number of carboxylic acids is 1. The monoisotopic (exact) mass is 292 g/mol. The SMILES string of the molecule is O=C(O)c1ccc([N+](=O)[O-])c(NCCc2ccsc2)c1. The fourth-order valence-corrected chi connectivity index (χ4v) is 2.45. The molecule has 6 nitrogen and oxygen atoms in total. The van der Waals surface area contributed by atoms with Crippen LogP contribution < -0.4 is 5.32 Å². The van der Waals surface area contributed by atoms with Crippen LogP contribution in [-0.4, -0.2) is 22.5 Å². The smallest absolute Gasteiger partial charge is 0.335 e. The predicted molar refractivity (Wildman–Crippen MR) is 76.6 cm³/mol. The Balaban J connectivity index is 2.13. The molecule has 0 atom stereocenters. The molecule has 1 aromatic carbocycles. The Morgan fingerprint density at radius 2 is 2.20 bits per heavy atom. The molecule has 104 valence electrons. The van der Waals surface area contributed by atoms with Crippen LogP contribution in [0.4, 0.5) is 11.4 Å². The number of aromatic carboxylic acids is 1. The summed E-state index contributed by atoms with van der Waals surface area (Å²) in [4.78, 5) is 21.3. The van der Waals surface area contributed by atoms with Crippen LogP contribution in [0, 0.1) is 10.1 Å². The van der Waals surface area contributed by atoms with E-state index in [-0.39, 0.29) is 16.9 Å².